The molecule has 1 heterocycles. The lowest BCUT2D eigenvalue weighted by Gasteiger charge is -2.45. The van der Waals surface area contributed by atoms with E-state index in [1.807, 2.05) is 23.1 Å². The molecule has 1 N–H and O–H groups in total. The maximum Gasteiger partial charge on any atom is 0.342 e. The number of amides is 2. The molecule has 1 aromatic carbocycles. The van der Waals surface area contributed by atoms with Crippen LogP contribution in [0.25, 0.3) is 0 Å². The van der Waals surface area contributed by atoms with Gasteiger partial charge in [0, 0.05) is 17.2 Å². The van der Waals surface area contributed by atoms with E-state index in [1.165, 1.54) is 19.3 Å². The number of anilines is 1. The minimum absolute atomic E-state index is 0.177. The van der Waals surface area contributed by atoms with Crippen LogP contribution >= 0.6 is 0 Å². The predicted molar refractivity (Wildman–Crippen MR) is 92.3 cm³/mol. The number of nitrogens with zero attached hydrogens (tertiary/aromatic N) is 2. The van der Waals surface area contributed by atoms with E-state index >= 15 is 0 Å². The van der Waals surface area contributed by atoms with Gasteiger partial charge in [0.15, 0.2) is 0 Å². The van der Waals surface area contributed by atoms with E-state index in [1.54, 1.807) is 13.3 Å². The number of nitrogens with one attached hydrogen (secondary N) is 1. The zero-order chi connectivity index (χ0) is 16.4. The molecule has 1 aromatic rings. The second-order valence-electron chi connectivity index (χ2n) is 6.92. The summed E-state index contributed by atoms with van der Waals surface area (Å²) in [6.07, 6.45) is 7.81. The van der Waals surface area contributed by atoms with Crippen molar-refractivity contribution in [2.45, 2.75) is 51.5 Å². The number of urea groups is 1. The smallest absolute Gasteiger partial charge is 0.342 e. The number of benzene rings is 1. The summed E-state index contributed by atoms with van der Waals surface area (Å²) in [6, 6.07) is 5.59. The number of hydrazone groups is 1. The third-order valence-electron chi connectivity index (χ3n) is 5.23. The standard InChI is InChI=1S/C18H25N3O2/c1-18(2,14-7-5-4-6-8-14)21-16-11-15(23-3)10-9-13(16)12-19-20-17(21)22/h9-12,14H,4-8H2,1-3H3,(H,20,22). The zero-order valence-corrected chi connectivity index (χ0v) is 14.1. The third kappa shape index (κ3) is 2.92. The average Bonchev–Trinajstić information content (AvgIpc) is 2.73. The molecule has 1 aliphatic heterocycles. The number of methoxy groups -OCH3 is 1. The molecule has 0 bridgehead atoms. The van der Waals surface area contributed by atoms with Gasteiger partial charge in [0.2, 0.25) is 0 Å². The van der Waals surface area contributed by atoms with Crippen LogP contribution in [0.3, 0.4) is 0 Å². The van der Waals surface area contributed by atoms with Gasteiger partial charge in [0.25, 0.3) is 0 Å². The topological polar surface area (TPSA) is 53.9 Å². The summed E-state index contributed by atoms with van der Waals surface area (Å²) in [5, 5.41) is 4.05. The highest BCUT2D eigenvalue weighted by Gasteiger charge is 2.41. The van der Waals surface area contributed by atoms with Gasteiger partial charge in [-0.25, -0.2) is 10.2 Å². The van der Waals surface area contributed by atoms with Crippen LogP contribution in [0.15, 0.2) is 23.3 Å². The Morgan fingerprint density at radius 1 is 1.26 bits per heavy atom. The van der Waals surface area contributed by atoms with E-state index in [9.17, 15) is 4.79 Å². The fraction of sp³-hybridized carbons (Fsp3) is 0.556. The van der Waals surface area contributed by atoms with Gasteiger partial charge in [-0.05, 0) is 44.7 Å². The van der Waals surface area contributed by atoms with Crippen molar-refractivity contribution in [3.63, 3.8) is 0 Å². The summed E-state index contributed by atoms with van der Waals surface area (Å²) in [6.45, 7) is 4.33. The molecule has 124 valence electrons. The van der Waals surface area contributed by atoms with Crippen molar-refractivity contribution >= 4 is 17.9 Å². The van der Waals surface area contributed by atoms with E-state index in [-0.39, 0.29) is 11.6 Å². The van der Waals surface area contributed by atoms with Gasteiger partial charge in [-0.3, -0.25) is 4.90 Å². The quantitative estimate of drug-likeness (QED) is 0.919. The fourth-order valence-corrected chi connectivity index (χ4v) is 3.83. The maximum absolute atomic E-state index is 12.7. The molecule has 0 aromatic heterocycles. The molecule has 23 heavy (non-hydrogen) atoms. The van der Waals surface area contributed by atoms with Crippen LogP contribution in [-0.2, 0) is 0 Å². The molecule has 5 nitrogen and oxygen atoms in total. The minimum atomic E-state index is -0.278. The van der Waals surface area contributed by atoms with Gasteiger partial charge < -0.3 is 4.74 Å². The Bertz CT molecular complexity index is 619. The van der Waals surface area contributed by atoms with Crippen molar-refractivity contribution < 1.29 is 9.53 Å². The SMILES string of the molecule is COc1ccc2c(c1)N(C(C)(C)C1CCCCC1)C(=O)NN=C2. The maximum atomic E-state index is 12.7. The van der Waals surface area contributed by atoms with E-state index in [2.05, 4.69) is 24.4 Å². The van der Waals surface area contributed by atoms with Crippen LogP contribution in [0, 0.1) is 5.92 Å². The van der Waals surface area contributed by atoms with E-state index in [0.29, 0.717) is 5.92 Å². The first-order valence-electron chi connectivity index (χ1n) is 8.35. The van der Waals surface area contributed by atoms with Crippen LogP contribution in [0.1, 0.15) is 51.5 Å². The second kappa shape index (κ2) is 6.22. The van der Waals surface area contributed by atoms with Gasteiger partial charge in [-0.2, -0.15) is 5.10 Å². The highest BCUT2D eigenvalue weighted by Crippen LogP contribution is 2.40. The highest BCUT2D eigenvalue weighted by molar-refractivity contribution is 6.02. The molecule has 1 aliphatic carbocycles. The van der Waals surface area contributed by atoms with Crippen LogP contribution in [-0.4, -0.2) is 24.9 Å². The second-order valence-corrected chi connectivity index (χ2v) is 6.92. The number of rotatable bonds is 3. The molecular weight excluding hydrogens is 290 g/mol. The predicted octanol–water partition coefficient (Wildman–Crippen LogP) is 3.92. The summed E-state index contributed by atoms with van der Waals surface area (Å²) in [4.78, 5) is 14.6. The number of carbonyl (C=O) groups excluding carboxylic acids is 1. The Labute approximate surface area is 137 Å². The zero-order valence-electron chi connectivity index (χ0n) is 14.1. The lowest BCUT2D eigenvalue weighted by molar-refractivity contribution is 0.208. The Morgan fingerprint density at radius 3 is 2.70 bits per heavy atom. The molecule has 1 saturated carbocycles. The monoisotopic (exact) mass is 315 g/mol. The van der Waals surface area contributed by atoms with Crippen molar-refractivity contribution in [1.29, 1.82) is 0 Å². The molecule has 0 radical (unpaired) electrons. The Balaban J connectivity index is 2.05. The molecule has 0 unspecified atom stereocenters. The highest BCUT2D eigenvalue weighted by atomic mass is 16.5. The van der Waals surface area contributed by atoms with Gasteiger partial charge in [0.1, 0.15) is 5.75 Å². The van der Waals surface area contributed by atoms with Crippen LogP contribution in [0.5, 0.6) is 5.75 Å². The first-order valence-corrected chi connectivity index (χ1v) is 8.35. The number of fused-ring (bicyclic) bond motifs is 1. The summed E-state index contributed by atoms with van der Waals surface area (Å²) in [5.41, 5.74) is 4.15. The van der Waals surface area contributed by atoms with Crippen LogP contribution in [0.2, 0.25) is 0 Å². The van der Waals surface area contributed by atoms with E-state index < -0.39 is 0 Å². The van der Waals surface area contributed by atoms with Gasteiger partial charge in [-0.15, -0.1) is 0 Å². The summed E-state index contributed by atoms with van der Waals surface area (Å²) in [5.74, 6) is 1.23. The van der Waals surface area contributed by atoms with Crippen molar-refractivity contribution in [3.05, 3.63) is 23.8 Å². The van der Waals surface area contributed by atoms with Gasteiger partial charge in [0.05, 0.1) is 19.0 Å². The fourth-order valence-electron chi connectivity index (χ4n) is 3.83. The van der Waals surface area contributed by atoms with Crippen molar-refractivity contribution in [1.82, 2.24) is 5.43 Å². The summed E-state index contributed by atoms with van der Waals surface area (Å²) in [7, 11) is 1.64. The Morgan fingerprint density at radius 2 is 2.00 bits per heavy atom. The molecule has 2 amide bonds. The van der Waals surface area contributed by atoms with Crippen molar-refractivity contribution in [2.75, 3.05) is 12.0 Å². The van der Waals surface area contributed by atoms with Crippen molar-refractivity contribution in [3.8, 4) is 5.75 Å². The number of carbonyl (C=O) groups is 1. The van der Waals surface area contributed by atoms with Crippen LogP contribution in [0.4, 0.5) is 10.5 Å². The largest absolute Gasteiger partial charge is 0.497 e. The number of hydrogen-bond donors (Lipinski definition) is 1. The average molecular weight is 315 g/mol. The van der Waals surface area contributed by atoms with E-state index in [0.717, 1.165) is 29.8 Å². The molecule has 1 fully saturated rings. The molecule has 5 heteroatoms. The molecule has 0 spiro atoms. The van der Waals surface area contributed by atoms with E-state index in [4.69, 9.17) is 4.74 Å². The number of hydrogen-bond acceptors (Lipinski definition) is 3. The lowest BCUT2D eigenvalue weighted by atomic mass is 9.75. The molecule has 0 saturated heterocycles. The Hall–Kier alpha value is -2.04. The third-order valence-corrected chi connectivity index (χ3v) is 5.23. The normalized spacial score (nSPS) is 19.1. The summed E-state index contributed by atoms with van der Waals surface area (Å²) >= 11 is 0. The first-order chi connectivity index (χ1) is 11.0. The lowest BCUT2D eigenvalue weighted by Crippen LogP contribution is -2.55. The van der Waals surface area contributed by atoms with Crippen LogP contribution < -0.4 is 15.1 Å². The molecule has 0 atom stereocenters. The molecular formula is C18H25N3O2. The first kappa shape index (κ1) is 15.8. The van der Waals surface area contributed by atoms with Gasteiger partial charge >= 0.3 is 6.03 Å². The minimum Gasteiger partial charge on any atom is -0.497 e. The Kier molecular flexibility index (Phi) is 4.28. The molecule has 2 aliphatic rings. The van der Waals surface area contributed by atoms with Gasteiger partial charge in [-0.1, -0.05) is 19.3 Å². The number of ether oxygens (including phenoxy) is 1. The summed E-state index contributed by atoms with van der Waals surface area (Å²) < 4.78 is 5.36. The molecule has 3 rings (SSSR count). The van der Waals surface area contributed by atoms with Crippen molar-refractivity contribution in [2.24, 2.45) is 11.0 Å².